The molecular formula is C14H18BrN3. The first kappa shape index (κ1) is 13.3. The van der Waals surface area contributed by atoms with Gasteiger partial charge in [0.15, 0.2) is 0 Å². The van der Waals surface area contributed by atoms with Crippen LogP contribution in [0.1, 0.15) is 17.5 Å². The van der Waals surface area contributed by atoms with Crippen molar-refractivity contribution in [2.45, 2.75) is 26.4 Å². The van der Waals surface area contributed by atoms with Gasteiger partial charge in [0, 0.05) is 30.0 Å². The van der Waals surface area contributed by atoms with Gasteiger partial charge in [0.2, 0.25) is 0 Å². The number of hydrogen-bond acceptors (Lipinski definition) is 2. The van der Waals surface area contributed by atoms with Gasteiger partial charge in [-0.3, -0.25) is 0 Å². The number of halogens is 1. The van der Waals surface area contributed by atoms with E-state index in [1.807, 2.05) is 18.7 Å². The smallest absolute Gasteiger partial charge is 0.0945 e. The summed E-state index contributed by atoms with van der Waals surface area (Å²) in [5.74, 6) is 0. The molecule has 1 aromatic carbocycles. The second kappa shape index (κ2) is 6.71. The average Bonchev–Trinajstić information content (AvgIpc) is 2.86. The number of nitrogens with zero attached hydrogens (tertiary/aromatic N) is 2. The monoisotopic (exact) mass is 307 g/mol. The zero-order valence-corrected chi connectivity index (χ0v) is 12.2. The third-order valence-corrected chi connectivity index (χ3v) is 3.75. The largest absolute Gasteiger partial charge is 0.337 e. The molecule has 0 aliphatic rings. The third-order valence-electron chi connectivity index (χ3n) is 2.89. The minimum absolute atomic E-state index is 0.919. The van der Waals surface area contributed by atoms with Gasteiger partial charge in [-0.25, -0.2) is 4.98 Å². The molecule has 0 saturated carbocycles. The Labute approximate surface area is 116 Å². The number of rotatable bonds is 6. The van der Waals surface area contributed by atoms with Crippen LogP contribution in [0.3, 0.4) is 0 Å². The predicted molar refractivity (Wildman–Crippen MR) is 77.4 cm³/mol. The fourth-order valence-electron chi connectivity index (χ4n) is 1.78. The van der Waals surface area contributed by atoms with Crippen molar-refractivity contribution in [2.24, 2.45) is 0 Å². The van der Waals surface area contributed by atoms with Crippen LogP contribution in [-0.4, -0.2) is 16.1 Å². The first-order chi connectivity index (χ1) is 8.75. The fourth-order valence-corrected chi connectivity index (χ4v) is 2.21. The summed E-state index contributed by atoms with van der Waals surface area (Å²) in [4.78, 5) is 4.02. The Bertz CT molecular complexity index is 480. The molecule has 18 heavy (non-hydrogen) atoms. The number of benzene rings is 1. The average molecular weight is 308 g/mol. The summed E-state index contributed by atoms with van der Waals surface area (Å²) < 4.78 is 3.28. The van der Waals surface area contributed by atoms with Gasteiger partial charge < -0.3 is 9.88 Å². The summed E-state index contributed by atoms with van der Waals surface area (Å²) >= 11 is 3.56. The van der Waals surface area contributed by atoms with E-state index in [4.69, 9.17) is 0 Å². The van der Waals surface area contributed by atoms with Crippen LogP contribution in [0.15, 0.2) is 41.4 Å². The molecule has 1 N–H and O–H groups in total. The van der Waals surface area contributed by atoms with Gasteiger partial charge in [-0.1, -0.05) is 28.1 Å². The molecule has 0 amide bonds. The highest BCUT2D eigenvalue weighted by molar-refractivity contribution is 9.10. The molecule has 0 atom stereocenters. The molecule has 0 fully saturated rings. The van der Waals surface area contributed by atoms with Crippen molar-refractivity contribution < 1.29 is 0 Å². The molecule has 4 heteroatoms. The Balaban J connectivity index is 1.67. The van der Waals surface area contributed by atoms with E-state index in [1.54, 1.807) is 0 Å². The van der Waals surface area contributed by atoms with Crippen molar-refractivity contribution in [1.82, 2.24) is 14.9 Å². The molecule has 1 heterocycles. The Hall–Kier alpha value is -1.13. The maximum absolute atomic E-state index is 4.02. The highest BCUT2D eigenvalue weighted by Gasteiger charge is 1.97. The molecule has 2 rings (SSSR count). The lowest BCUT2D eigenvalue weighted by Gasteiger charge is -2.07. The highest BCUT2D eigenvalue weighted by atomic mass is 79.9. The molecule has 3 nitrogen and oxygen atoms in total. The van der Waals surface area contributed by atoms with E-state index in [2.05, 4.69) is 55.9 Å². The van der Waals surface area contributed by atoms with Crippen LogP contribution >= 0.6 is 15.9 Å². The van der Waals surface area contributed by atoms with Crippen molar-refractivity contribution in [3.8, 4) is 0 Å². The standard InChI is InChI=1S/C14H18BrN3/c1-12-3-4-13(9-14(12)15)10-16-5-2-7-18-8-6-17-11-18/h3-4,6,8-9,11,16H,2,5,7,10H2,1H3. The summed E-state index contributed by atoms with van der Waals surface area (Å²) in [6, 6.07) is 6.49. The van der Waals surface area contributed by atoms with Crippen molar-refractivity contribution >= 4 is 15.9 Å². The predicted octanol–water partition coefficient (Wildman–Crippen LogP) is 3.13. The molecule has 1 aromatic heterocycles. The van der Waals surface area contributed by atoms with E-state index in [1.165, 1.54) is 15.6 Å². The molecule has 0 aliphatic carbocycles. The van der Waals surface area contributed by atoms with Crippen LogP contribution in [0.4, 0.5) is 0 Å². The van der Waals surface area contributed by atoms with Crippen LogP contribution < -0.4 is 5.32 Å². The summed E-state index contributed by atoms with van der Waals surface area (Å²) in [5, 5.41) is 3.46. The zero-order chi connectivity index (χ0) is 12.8. The maximum atomic E-state index is 4.02. The van der Waals surface area contributed by atoms with E-state index in [-0.39, 0.29) is 0 Å². The van der Waals surface area contributed by atoms with Gasteiger partial charge in [0.05, 0.1) is 6.33 Å². The second-order valence-corrected chi connectivity index (χ2v) is 5.27. The normalized spacial score (nSPS) is 10.8. The lowest BCUT2D eigenvalue weighted by molar-refractivity contribution is 0.580. The molecule has 0 radical (unpaired) electrons. The van der Waals surface area contributed by atoms with Gasteiger partial charge >= 0.3 is 0 Å². The molecule has 96 valence electrons. The molecular weight excluding hydrogens is 290 g/mol. The molecule has 0 aliphatic heterocycles. The van der Waals surface area contributed by atoms with Crippen molar-refractivity contribution in [3.05, 3.63) is 52.5 Å². The van der Waals surface area contributed by atoms with Crippen molar-refractivity contribution in [1.29, 1.82) is 0 Å². The van der Waals surface area contributed by atoms with E-state index in [9.17, 15) is 0 Å². The number of nitrogens with one attached hydrogen (secondary N) is 1. The first-order valence-corrected chi connectivity index (χ1v) is 6.96. The van der Waals surface area contributed by atoms with E-state index >= 15 is 0 Å². The van der Waals surface area contributed by atoms with Crippen molar-refractivity contribution in [2.75, 3.05) is 6.54 Å². The maximum Gasteiger partial charge on any atom is 0.0945 e. The Morgan fingerprint density at radius 2 is 2.28 bits per heavy atom. The SMILES string of the molecule is Cc1ccc(CNCCCn2ccnc2)cc1Br. The zero-order valence-electron chi connectivity index (χ0n) is 10.6. The van der Waals surface area contributed by atoms with Crippen molar-refractivity contribution in [3.63, 3.8) is 0 Å². The third kappa shape index (κ3) is 3.96. The van der Waals surface area contributed by atoms with Crippen LogP contribution in [0, 0.1) is 6.92 Å². The lowest BCUT2D eigenvalue weighted by Crippen LogP contribution is -2.16. The van der Waals surface area contributed by atoms with Gasteiger partial charge in [-0.05, 0) is 37.1 Å². The summed E-state index contributed by atoms with van der Waals surface area (Å²) in [7, 11) is 0. The van der Waals surface area contributed by atoms with E-state index in [0.29, 0.717) is 0 Å². The summed E-state index contributed by atoms with van der Waals surface area (Å²) in [6.45, 7) is 5.06. The Morgan fingerprint density at radius 3 is 3.00 bits per heavy atom. The molecule has 0 spiro atoms. The molecule has 2 aromatic rings. The summed E-state index contributed by atoms with van der Waals surface area (Å²) in [6.07, 6.45) is 6.79. The number of imidazole rings is 1. The fraction of sp³-hybridized carbons (Fsp3) is 0.357. The van der Waals surface area contributed by atoms with E-state index < -0.39 is 0 Å². The number of aryl methyl sites for hydroxylation is 2. The molecule has 0 bridgehead atoms. The van der Waals surface area contributed by atoms with Gasteiger partial charge in [-0.15, -0.1) is 0 Å². The number of hydrogen-bond donors (Lipinski definition) is 1. The minimum atomic E-state index is 0.919. The van der Waals surface area contributed by atoms with Gasteiger partial charge in [-0.2, -0.15) is 0 Å². The summed E-state index contributed by atoms with van der Waals surface area (Å²) in [5.41, 5.74) is 2.59. The Kier molecular flexibility index (Phi) is 4.96. The highest BCUT2D eigenvalue weighted by Crippen LogP contribution is 2.17. The number of aromatic nitrogens is 2. The quantitative estimate of drug-likeness (QED) is 0.831. The van der Waals surface area contributed by atoms with Crippen LogP contribution in [0.25, 0.3) is 0 Å². The lowest BCUT2D eigenvalue weighted by atomic mass is 10.1. The van der Waals surface area contributed by atoms with Crippen LogP contribution in [-0.2, 0) is 13.1 Å². The Morgan fingerprint density at radius 1 is 1.39 bits per heavy atom. The molecule has 0 saturated heterocycles. The topological polar surface area (TPSA) is 29.9 Å². The molecule has 0 unspecified atom stereocenters. The first-order valence-electron chi connectivity index (χ1n) is 6.17. The van der Waals surface area contributed by atoms with Crippen LogP contribution in [0.2, 0.25) is 0 Å². The minimum Gasteiger partial charge on any atom is -0.337 e. The van der Waals surface area contributed by atoms with Crippen LogP contribution in [0.5, 0.6) is 0 Å². The van der Waals surface area contributed by atoms with Gasteiger partial charge in [0.25, 0.3) is 0 Å². The van der Waals surface area contributed by atoms with Gasteiger partial charge in [0.1, 0.15) is 0 Å². The van der Waals surface area contributed by atoms with E-state index in [0.717, 1.165) is 26.1 Å². The second-order valence-electron chi connectivity index (χ2n) is 4.41.